The Labute approximate surface area is 207 Å². The summed E-state index contributed by atoms with van der Waals surface area (Å²) in [6.45, 7) is 2.79. The molecule has 0 radical (unpaired) electrons. The molecule has 4 rings (SSSR count). The summed E-state index contributed by atoms with van der Waals surface area (Å²) in [6, 6.07) is 6.95. The van der Waals surface area contributed by atoms with Crippen LogP contribution in [-0.4, -0.2) is 70.5 Å². The van der Waals surface area contributed by atoms with E-state index in [9.17, 15) is 19.5 Å². The van der Waals surface area contributed by atoms with Gasteiger partial charge in [-0.1, -0.05) is 17.7 Å². The quantitative estimate of drug-likeness (QED) is 0.378. The van der Waals surface area contributed by atoms with Crippen molar-refractivity contribution >= 4 is 35.1 Å². The highest BCUT2D eigenvalue weighted by Crippen LogP contribution is 2.43. The number of piperidine rings is 1. The third-order valence-electron chi connectivity index (χ3n) is 6.28. The molecular formula is C25H26ClN3O6. The van der Waals surface area contributed by atoms with Gasteiger partial charge in [-0.25, -0.2) is 4.79 Å². The van der Waals surface area contributed by atoms with Crippen molar-refractivity contribution in [2.24, 2.45) is 0 Å². The maximum absolute atomic E-state index is 13.3. The number of rotatable bonds is 5. The number of methoxy groups -OCH3 is 1. The summed E-state index contributed by atoms with van der Waals surface area (Å²) in [7, 11) is 1.44. The first-order valence-corrected chi connectivity index (χ1v) is 11.7. The van der Waals surface area contributed by atoms with Crippen molar-refractivity contribution in [3.63, 3.8) is 0 Å². The number of aliphatic hydroxyl groups is 1. The van der Waals surface area contributed by atoms with Crippen molar-refractivity contribution in [2.75, 3.05) is 26.8 Å². The molecule has 0 spiro atoms. The molecule has 2 amide bonds. The molecule has 2 aromatic rings. The second-order valence-electron chi connectivity index (χ2n) is 8.25. The maximum atomic E-state index is 13.3. The van der Waals surface area contributed by atoms with Crippen LogP contribution >= 0.6 is 11.6 Å². The number of benzene rings is 1. The Kier molecular flexibility index (Phi) is 7.25. The van der Waals surface area contributed by atoms with Crippen LogP contribution in [0, 0.1) is 0 Å². The van der Waals surface area contributed by atoms with Crippen molar-refractivity contribution in [1.29, 1.82) is 0 Å². The summed E-state index contributed by atoms with van der Waals surface area (Å²) in [5.74, 6) is -1.57. The molecule has 184 valence electrons. The lowest BCUT2D eigenvalue weighted by Gasteiger charge is -2.38. The van der Waals surface area contributed by atoms with Gasteiger partial charge in [-0.05, 0) is 49.6 Å². The fraction of sp³-hybridized carbons (Fsp3) is 0.360. The Hall–Kier alpha value is -3.59. The molecule has 2 saturated heterocycles. The number of ketones is 1. The van der Waals surface area contributed by atoms with Crippen LogP contribution in [-0.2, 0) is 14.3 Å². The standard InChI is InChI=1S/C25H26ClN3O6/c1-3-35-25(33)28-11-8-17(9-12-28)29-21(15-5-4-10-27-14-15)20(23(31)24(29)32)22(30)18-13-16(26)6-7-19(18)34-2/h4-7,10,13-14,17,21,30H,3,8-9,11-12H2,1-2H3/b22-20+. The third-order valence-corrected chi connectivity index (χ3v) is 6.52. The van der Waals surface area contributed by atoms with Gasteiger partial charge in [0.2, 0.25) is 0 Å². The Morgan fingerprint density at radius 2 is 1.97 bits per heavy atom. The zero-order chi connectivity index (χ0) is 25.1. The second-order valence-corrected chi connectivity index (χ2v) is 8.69. The molecule has 3 heterocycles. The van der Waals surface area contributed by atoms with Crippen LogP contribution in [0.2, 0.25) is 5.02 Å². The van der Waals surface area contributed by atoms with Gasteiger partial charge in [0.25, 0.3) is 11.7 Å². The van der Waals surface area contributed by atoms with Crippen LogP contribution in [0.15, 0.2) is 48.3 Å². The summed E-state index contributed by atoms with van der Waals surface area (Å²) in [4.78, 5) is 46.0. The minimum Gasteiger partial charge on any atom is -0.507 e. The normalized spacial score (nSPS) is 20.3. The summed E-state index contributed by atoms with van der Waals surface area (Å²) in [5, 5.41) is 11.7. The molecule has 2 aliphatic heterocycles. The molecule has 0 bridgehead atoms. The van der Waals surface area contributed by atoms with Crippen molar-refractivity contribution in [2.45, 2.75) is 31.8 Å². The Morgan fingerprint density at radius 1 is 1.23 bits per heavy atom. The zero-order valence-electron chi connectivity index (χ0n) is 19.4. The smallest absolute Gasteiger partial charge is 0.409 e. The molecule has 1 unspecified atom stereocenters. The van der Waals surface area contributed by atoms with E-state index in [4.69, 9.17) is 21.1 Å². The van der Waals surface area contributed by atoms with Gasteiger partial charge in [-0.15, -0.1) is 0 Å². The van der Waals surface area contributed by atoms with E-state index in [1.807, 2.05) is 0 Å². The van der Waals surface area contributed by atoms with Gasteiger partial charge >= 0.3 is 6.09 Å². The highest BCUT2D eigenvalue weighted by atomic mass is 35.5. The van der Waals surface area contributed by atoms with E-state index in [1.165, 1.54) is 18.1 Å². The number of Topliss-reactive ketones (excluding diaryl/α,β-unsaturated/α-hetero) is 1. The van der Waals surface area contributed by atoms with Gasteiger partial charge in [0.05, 0.1) is 30.9 Å². The number of pyridine rings is 1. The number of halogens is 1. The molecule has 1 aromatic heterocycles. The number of hydrogen-bond donors (Lipinski definition) is 1. The van der Waals surface area contributed by atoms with E-state index in [0.29, 0.717) is 42.3 Å². The number of carbonyl (C=O) groups excluding carboxylic acids is 3. The predicted octanol–water partition coefficient (Wildman–Crippen LogP) is 3.79. The number of amides is 2. The fourth-order valence-corrected chi connectivity index (χ4v) is 4.82. The lowest BCUT2D eigenvalue weighted by atomic mass is 9.94. The lowest BCUT2D eigenvalue weighted by molar-refractivity contribution is -0.142. The summed E-state index contributed by atoms with van der Waals surface area (Å²) < 4.78 is 10.4. The van der Waals surface area contributed by atoms with Gasteiger partial charge in [0, 0.05) is 36.5 Å². The number of ether oxygens (including phenoxy) is 2. The minimum absolute atomic E-state index is 0.0589. The Morgan fingerprint density at radius 3 is 2.60 bits per heavy atom. The molecule has 2 fully saturated rings. The molecule has 0 saturated carbocycles. The minimum atomic E-state index is -0.855. The second kappa shape index (κ2) is 10.4. The summed E-state index contributed by atoms with van der Waals surface area (Å²) in [5.41, 5.74) is 0.738. The highest BCUT2D eigenvalue weighted by Gasteiger charge is 2.49. The molecule has 10 heteroatoms. The summed E-state index contributed by atoms with van der Waals surface area (Å²) >= 11 is 6.15. The predicted molar refractivity (Wildman–Crippen MR) is 128 cm³/mol. The molecule has 9 nitrogen and oxygen atoms in total. The lowest BCUT2D eigenvalue weighted by Crippen LogP contribution is -2.48. The number of likely N-dealkylation sites (tertiary alicyclic amines) is 2. The monoisotopic (exact) mass is 499 g/mol. The molecule has 1 atom stereocenters. The van der Waals surface area contributed by atoms with Gasteiger partial charge < -0.3 is 24.4 Å². The van der Waals surface area contributed by atoms with Gasteiger partial charge in [-0.2, -0.15) is 0 Å². The van der Waals surface area contributed by atoms with Crippen molar-refractivity contribution < 1.29 is 29.0 Å². The van der Waals surface area contributed by atoms with E-state index in [-0.39, 0.29) is 29.5 Å². The van der Waals surface area contributed by atoms with Crippen LogP contribution in [0.5, 0.6) is 5.75 Å². The van der Waals surface area contributed by atoms with E-state index in [0.717, 1.165) is 0 Å². The maximum Gasteiger partial charge on any atom is 0.409 e. The van der Waals surface area contributed by atoms with Crippen LogP contribution in [0.3, 0.4) is 0 Å². The fourth-order valence-electron chi connectivity index (χ4n) is 4.64. The van der Waals surface area contributed by atoms with E-state index in [1.54, 1.807) is 48.5 Å². The van der Waals surface area contributed by atoms with Crippen molar-refractivity contribution in [1.82, 2.24) is 14.8 Å². The first kappa shape index (κ1) is 24.5. The zero-order valence-corrected chi connectivity index (χ0v) is 20.2. The molecule has 1 N–H and O–H groups in total. The number of aromatic nitrogens is 1. The Balaban J connectivity index is 1.76. The third kappa shape index (κ3) is 4.68. The summed E-state index contributed by atoms with van der Waals surface area (Å²) in [6.07, 6.45) is 3.68. The molecule has 1 aromatic carbocycles. The van der Waals surface area contributed by atoms with Gasteiger partial charge in [0.15, 0.2) is 0 Å². The first-order valence-electron chi connectivity index (χ1n) is 11.3. The van der Waals surface area contributed by atoms with Crippen LogP contribution in [0.25, 0.3) is 5.76 Å². The first-order chi connectivity index (χ1) is 16.9. The van der Waals surface area contributed by atoms with E-state index < -0.39 is 23.8 Å². The molecule has 35 heavy (non-hydrogen) atoms. The van der Waals surface area contributed by atoms with E-state index >= 15 is 0 Å². The number of nitrogens with zero attached hydrogens (tertiary/aromatic N) is 3. The average Bonchev–Trinajstić information content (AvgIpc) is 3.14. The van der Waals surface area contributed by atoms with Gasteiger partial charge in [0.1, 0.15) is 11.5 Å². The average molecular weight is 500 g/mol. The largest absolute Gasteiger partial charge is 0.507 e. The van der Waals surface area contributed by atoms with Crippen LogP contribution < -0.4 is 4.74 Å². The molecular weight excluding hydrogens is 474 g/mol. The molecule has 0 aliphatic carbocycles. The van der Waals surface area contributed by atoms with Crippen molar-refractivity contribution in [3.8, 4) is 5.75 Å². The van der Waals surface area contributed by atoms with Crippen LogP contribution in [0.4, 0.5) is 4.79 Å². The highest BCUT2D eigenvalue weighted by molar-refractivity contribution is 6.46. The number of aliphatic hydroxyl groups excluding tert-OH is 1. The number of carbonyl (C=O) groups is 3. The van der Waals surface area contributed by atoms with Crippen molar-refractivity contribution in [3.05, 3.63) is 64.4 Å². The SMILES string of the molecule is CCOC(=O)N1CCC(N2C(=O)C(=O)/C(=C(/O)c3cc(Cl)ccc3OC)C2c2cccnc2)CC1. The van der Waals surface area contributed by atoms with E-state index in [2.05, 4.69) is 4.98 Å². The Bertz CT molecular complexity index is 1160. The van der Waals surface area contributed by atoms with Gasteiger partial charge in [-0.3, -0.25) is 14.6 Å². The number of hydrogen-bond acceptors (Lipinski definition) is 7. The topological polar surface area (TPSA) is 109 Å². The molecule has 2 aliphatic rings. The van der Waals surface area contributed by atoms with Crippen LogP contribution in [0.1, 0.15) is 36.9 Å².